The van der Waals surface area contributed by atoms with E-state index in [4.69, 9.17) is 0 Å². The van der Waals surface area contributed by atoms with Gasteiger partial charge in [0, 0.05) is 0 Å². The fourth-order valence-electron chi connectivity index (χ4n) is 0.307. The van der Waals surface area contributed by atoms with E-state index in [9.17, 15) is 35.1 Å². The van der Waals surface area contributed by atoms with Gasteiger partial charge in [-0.2, -0.15) is 35.1 Å². The van der Waals surface area contributed by atoms with Gasteiger partial charge in [0.15, 0.2) is 4.86 Å². The molecule has 0 heterocycles. The second-order valence-electron chi connectivity index (χ2n) is 1.90. The first-order valence-electron chi connectivity index (χ1n) is 2.47. The van der Waals surface area contributed by atoms with Crippen molar-refractivity contribution >= 4 is 17.1 Å². The first kappa shape index (κ1) is 12.5. The van der Waals surface area contributed by atoms with Crippen LogP contribution in [0.2, 0.25) is 0 Å². The van der Waals surface area contributed by atoms with Crippen molar-refractivity contribution < 1.29 is 35.1 Å². The predicted molar refractivity (Wildman–Crippen MR) is 29.7 cm³/mol. The molecule has 78 valence electrons. The van der Waals surface area contributed by atoms with Gasteiger partial charge in [0.1, 0.15) is 0 Å². The molecule has 0 spiro atoms. The average Bonchev–Trinajstić information content (AvgIpc) is 1.81. The van der Waals surface area contributed by atoms with Crippen LogP contribution in [0.3, 0.4) is 0 Å². The van der Waals surface area contributed by atoms with Crippen LogP contribution in [0.25, 0.3) is 0 Å². The summed E-state index contributed by atoms with van der Waals surface area (Å²) in [5.74, 6) is -6.01. The van der Waals surface area contributed by atoms with Crippen LogP contribution in [0.1, 0.15) is 0 Å². The third-order valence-electron chi connectivity index (χ3n) is 0.899. The molecular weight excluding hydrogens is 232 g/mol. The lowest BCUT2D eigenvalue weighted by molar-refractivity contribution is -0.255. The number of thiocarbonyl (C=S) groups is 1. The summed E-state index contributed by atoms with van der Waals surface area (Å²) in [6.07, 6.45) is -12.2. The Hall–Kier alpha value is -0.470. The molecule has 0 rings (SSSR count). The van der Waals surface area contributed by atoms with Gasteiger partial charge in [0.2, 0.25) is 0 Å². The van der Waals surface area contributed by atoms with Gasteiger partial charge < -0.3 is 0 Å². The van der Waals surface area contributed by atoms with Gasteiger partial charge in [-0.1, -0.05) is 12.2 Å². The normalized spacial score (nSPS) is 14.5. The zero-order valence-electron chi connectivity index (χ0n) is 5.43. The molecule has 0 aromatic rings. The molecule has 0 fully saturated rings. The van der Waals surface area contributed by atoms with Crippen molar-refractivity contribution in [2.75, 3.05) is 0 Å². The van der Waals surface area contributed by atoms with Gasteiger partial charge >= 0.3 is 18.3 Å². The molecule has 0 atom stereocenters. The van der Waals surface area contributed by atoms with Crippen LogP contribution in [-0.4, -0.2) is 23.1 Å². The molecule has 0 aromatic heterocycles. The zero-order chi connectivity index (χ0) is 11.1. The molecule has 0 aliphatic heterocycles. The van der Waals surface area contributed by atoms with Crippen LogP contribution in [0, 0.1) is 0 Å². The van der Waals surface area contributed by atoms with Gasteiger partial charge in [-0.25, -0.2) is 0 Å². The lowest BCUT2D eigenvalue weighted by Gasteiger charge is -2.21. The molecule has 0 aliphatic carbocycles. The third-order valence-corrected chi connectivity index (χ3v) is 1.39. The quantitative estimate of drug-likeness (QED) is 0.494. The van der Waals surface area contributed by atoms with E-state index in [1.165, 1.54) is 0 Å². The summed E-state index contributed by atoms with van der Waals surface area (Å²) in [6.45, 7) is 0. The summed E-state index contributed by atoms with van der Waals surface area (Å²) < 4.78 is 91.6. The maximum atomic E-state index is 11.8. The van der Waals surface area contributed by atoms with Gasteiger partial charge in [-0.05, 0) is 0 Å². The molecule has 0 saturated heterocycles. The Morgan fingerprint density at radius 2 is 1.08 bits per heavy atom. The van der Waals surface area contributed by atoms with Crippen molar-refractivity contribution in [2.24, 2.45) is 0 Å². The van der Waals surface area contributed by atoms with Crippen molar-refractivity contribution in [3.05, 3.63) is 0 Å². The highest BCUT2D eigenvalue weighted by molar-refractivity contribution is 7.80. The minimum absolute atomic E-state index is 2.98. The summed E-state index contributed by atoms with van der Waals surface area (Å²) in [4.78, 5) is -3.28. The number of alkyl halides is 8. The number of hydrogen-bond acceptors (Lipinski definition) is 1. The standard InChI is InChI=1S/C4F8S/c5-2(6,4(10,11)12)1(13)3(7,8)9. The van der Waals surface area contributed by atoms with Crippen LogP contribution < -0.4 is 0 Å². The minimum Gasteiger partial charge on any atom is -0.190 e. The van der Waals surface area contributed by atoms with Crippen molar-refractivity contribution in [1.29, 1.82) is 0 Å². The molecule has 0 aliphatic rings. The minimum atomic E-state index is -6.32. The van der Waals surface area contributed by atoms with E-state index in [0.717, 1.165) is 0 Å². The summed E-state index contributed by atoms with van der Waals surface area (Å²) in [5, 5.41) is 0. The summed E-state index contributed by atoms with van der Waals surface area (Å²) in [7, 11) is 0. The van der Waals surface area contributed by atoms with E-state index in [1.54, 1.807) is 0 Å². The van der Waals surface area contributed by atoms with Gasteiger partial charge in [-0.15, -0.1) is 0 Å². The Bertz CT molecular complexity index is 209. The Balaban J connectivity index is 4.98. The second kappa shape index (κ2) is 3.03. The van der Waals surface area contributed by atoms with Crippen LogP contribution in [0.5, 0.6) is 0 Å². The van der Waals surface area contributed by atoms with Crippen molar-refractivity contribution in [1.82, 2.24) is 0 Å². The number of halogens is 8. The Morgan fingerprint density at radius 3 is 1.15 bits per heavy atom. The first-order valence-corrected chi connectivity index (χ1v) is 2.87. The average molecular weight is 232 g/mol. The van der Waals surface area contributed by atoms with E-state index in [1.807, 2.05) is 0 Å². The van der Waals surface area contributed by atoms with Gasteiger partial charge in [-0.3, -0.25) is 0 Å². The maximum Gasteiger partial charge on any atom is 0.459 e. The van der Waals surface area contributed by atoms with Crippen molar-refractivity contribution in [3.63, 3.8) is 0 Å². The number of rotatable bonds is 1. The SMILES string of the molecule is FC(F)(F)C(=S)C(F)(F)C(F)(F)F. The van der Waals surface area contributed by atoms with Crippen LogP contribution >= 0.6 is 12.2 Å². The first-order chi connectivity index (χ1) is 5.40. The molecule has 9 heteroatoms. The highest BCUT2D eigenvalue weighted by Crippen LogP contribution is 2.41. The molecule has 0 aromatic carbocycles. The molecule has 0 radical (unpaired) electrons. The fraction of sp³-hybridized carbons (Fsp3) is 0.750. The Morgan fingerprint density at radius 1 is 0.769 bits per heavy atom. The molecule has 0 unspecified atom stereocenters. The van der Waals surface area contributed by atoms with E-state index in [2.05, 4.69) is 12.2 Å². The largest absolute Gasteiger partial charge is 0.459 e. The molecular formula is C4F8S. The molecule has 0 saturated carbocycles. The molecule has 13 heavy (non-hydrogen) atoms. The van der Waals surface area contributed by atoms with Gasteiger partial charge in [0.05, 0.1) is 0 Å². The Kier molecular flexibility index (Phi) is 2.92. The molecule has 0 amide bonds. The summed E-state index contributed by atoms with van der Waals surface area (Å²) in [6, 6.07) is 0. The van der Waals surface area contributed by atoms with Crippen LogP contribution in [-0.2, 0) is 0 Å². The van der Waals surface area contributed by atoms with Crippen molar-refractivity contribution in [3.8, 4) is 0 Å². The number of hydrogen-bond donors (Lipinski definition) is 0. The molecule has 0 bridgehead atoms. The Labute approximate surface area is 71.5 Å². The van der Waals surface area contributed by atoms with Crippen LogP contribution in [0.15, 0.2) is 0 Å². The fourth-order valence-corrected chi connectivity index (χ4v) is 0.422. The molecule has 0 nitrogen and oxygen atoms in total. The third kappa shape index (κ3) is 2.48. The van der Waals surface area contributed by atoms with E-state index >= 15 is 0 Å². The zero-order valence-corrected chi connectivity index (χ0v) is 6.25. The lowest BCUT2D eigenvalue weighted by Crippen LogP contribution is -2.49. The highest BCUT2D eigenvalue weighted by Gasteiger charge is 2.66. The van der Waals surface area contributed by atoms with E-state index in [0.29, 0.717) is 0 Å². The second-order valence-corrected chi connectivity index (χ2v) is 2.31. The highest BCUT2D eigenvalue weighted by atomic mass is 32.1. The maximum absolute atomic E-state index is 11.8. The topological polar surface area (TPSA) is 0 Å². The van der Waals surface area contributed by atoms with Crippen molar-refractivity contribution in [2.45, 2.75) is 18.3 Å². The van der Waals surface area contributed by atoms with Crippen LogP contribution in [0.4, 0.5) is 35.1 Å². The predicted octanol–water partition coefficient (Wildman–Crippen LogP) is 3.12. The summed E-state index contributed by atoms with van der Waals surface area (Å²) in [5.41, 5.74) is 0. The molecule has 0 N–H and O–H groups in total. The monoisotopic (exact) mass is 232 g/mol. The summed E-state index contributed by atoms with van der Waals surface area (Å²) >= 11 is 2.98. The van der Waals surface area contributed by atoms with E-state index < -0.39 is 23.1 Å². The lowest BCUT2D eigenvalue weighted by atomic mass is 10.2. The van der Waals surface area contributed by atoms with Gasteiger partial charge in [0.25, 0.3) is 0 Å². The van der Waals surface area contributed by atoms with E-state index in [-0.39, 0.29) is 0 Å². The smallest absolute Gasteiger partial charge is 0.190 e.